The first-order valence-corrected chi connectivity index (χ1v) is 8.02. The van der Waals surface area contributed by atoms with Crippen LogP contribution in [-0.2, 0) is 16.1 Å². The topological polar surface area (TPSA) is 66.8 Å². The van der Waals surface area contributed by atoms with Crippen LogP contribution in [0.3, 0.4) is 0 Å². The molecule has 1 saturated heterocycles. The van der Waals surface area contributed by atoms with Gasteiger partial charge in [0.15, 0.2) is 0 Å². The minimum Gasteiger partial charge on any atom is -0.480 e. The second-order valence-corrected chi connectivity index (χ2v) is 7.11. The van der Waals surface area contributed by atoms with Crippen molar-refractivity contribution in [2.24, 2.45) is 5.41 Å². The molecule has 1 aliphatic rings. The SMILES string of the molecule is CC(C)(C)C1CCCC(C(=O)O)N1C(=O)OCc1ccccc1. The maximum Gasteiger partial charge on any atom is 0.411 e. The number of rotatable bonds is 3. The lowest BCUT2D eigenvalue weighted by Gasteiger charge is -2.45. The Hall–Kier alpha value is -2.04. The normalized spacial score (nSPS) is 21.8. The van der Waals surface area contributed by atoms with Gasteiger partial charge in [0.2, 0.25) is 0 Å². The standard InChI is InChI=1S/C18H25NO4/c1-18(2,3)15-11-7-10-14(16(20)21)19(15)17(22)23-12-13-8-5-4-6-9-13/h4-6,8-9,14-15H,7,10-12H2,1-3H3,(H,20,21). The second kappa shape index (κ2) is 7.02. The minimum atomic E-state index is -0.962. The number of carbonyl (C=O) groups excluding carboxylic acids is 1. The van der Waals surface area contributed by atoms with Gasteiger partial charge in [-0.1, -0.05) is 51.1 Å². The molecule has 0 saturated carbocycles. The van der Waals surface area contributed by atoms with Crippen LogP contribution in [0.4, 0.5) is 4.79 Å². The summed E-state index contributed by atoms with van der Waals surface area (Å²) in [6, 6.07) is 8.45. The molecule has 1 aromatic rings. The van der Waals surface area contributed by atoms with Crippen molar-refractivity contribution < 1.29 is 19.4 Å². The molecule has 1 aliphatic heterocycles. The van der Waals surface area contributed by atoms with Crippen LogP contribution in [0.15, 0.2) is 30.3 Å². The molecule has 0 aromatic heterocycles. The Morgan fingerprint density at radius 1 is 1.22 bits per heavy atom. The Kier molecular flexibility index (Phi) is 5.29. The third-order valence-corrected chi connectivity index (χ3v) is 4.33. The number of piperidine rings is 1. The molecule has 2 unspecified atom stereocenters. The fourth-order valence-corrected chi connectivity index (χ4v) is 3.14. The lowest BCUT2D eigenvalue weighted by molar-refractivity contribution is -0.146. The van der Waals surface area contributed by atoms with Crippen molar-refractivity contribution in [2.75, 3.05) is 0 Å². The molecule has 0 radical (unpaired) electrons. The molecule has 1 fully saturated rings. The molecule has 2 rings (SSSR count). The Labute approximate surface area is 137 Å². The Morgan fingerprint density at radius 2 is 1.87 bits per heavy atom. The van der Waals surface area contributed by atoms with Crippen molar-refractivity contribution in [2.45, 2.75) is 58.7 Å². The van der Waals surface area contributed by atoms with E-state index in [-0.39, 0.29) is 18.1 Å². The summed E-state index contributed by atoms with van der Waals surface area (Å²) in [5.74, 6) is -0.962. The van der Waals surface area contributed by atoms with Gasteiger partial charge in [0.25, 0.3) is 0 Å². The number of carboxylic acid groups (broad SMARTS) is 1. The van der Waals surface area contributed by atoms with Crippen molar-refractivity contribution in [1.82, 2.24) is 4.90 Å². The molecule has 1 aromatic carbocycles. The monoisotopic (exact) mass is 319 g/mol. The number of nitrogens with zero attached hydrogens (tertiary/aromatic N) is 1. The molecular formula is C18H25NO4. The second-order valence-electron chi connectivity index (χ2n) is 7.11. The number of likely N-dealkylation sites (tertiary alicyclic amines) is 1. The van der Waals surface area contributed by atoms with Crippen LogP contribution in [0.25, 0.3) is 0 Å². The predicted octanol–water partition coefficient (Wildman–Crippen LogP) is 3.68. The van der Waals surface area contributed by atoms with Crippen LogP contribution >= 0.6 is 0 Å². The van der Waals surface area contributed by atoms with E-state index in [0.29, 0.717) is 6.42 Å². The molecule has 126 valence electrons. The zero-order chi connectivity index (χ0) is 17.0. The first-order valence-electron chi connectivity index (χ1n) is 8.02. The number of amides is 1. The molecule has 2 atom stereocenters. The number of hydrogen-bond donors (Lipinski definition) is 1. The van der Waals surface area contributed by atoms with Crippen LogP contribution in [0.1, 0.15) is 45.6 Å². The molecule has 1 heterocycles. The highest BCUT2D eigenvalue weighted by Crippen LogP contribution is 2.35. The molecule has 1 amide bonds. The van der Waals surface area contributed by atoms with E-state index in [9.17, 15) is 14.7 Å². The smallest absolute Gasteiger partial charge is 0.411 e. The highest BCUT2D eigenvalue weighted by Gasteiger charge is 2.43. The summed E-state index contributed by atoms with van der Waals surface area (Å²) < 4.78 is 5.40. The third kappa shape index (κ3) is 4.24. The van der Waals surface area contributed by atoms with Gasteiger partial charge in [0, 0.05) is 6.04 Å². The fourth-order valence-electron chi connectivity index (χ4n) is 3.14. The van der Waals surface area contributed by atoms with Crippen molar-refractivity contribution >= 4 is 12.1 Å². The molecule has 0 aliphatic carbocycles. The highest BCUT2D eigenvalue weighted by molar-refractivity contribution is 5.80. The molecule has 0 bridgehead atoms. The number of carboxylic acids is 1. The minimum absolute atomic E-state index is 0.138. The van der Waals surface area contributed by atoms with E-state index in [0.717, 1.165) is 18.4 Å². The zero-order valence-electron chi connectivity index (χ0n) is 14.0. The Morgan fingerprint density at radius 3 is 2.43 bits per heavy atom. The maximum atomic E-state index is 12.6. The largest absolute Gasteiger partial charge is 0.480 e. The summed E-state index contributed by atoms with van der Waals surface area (Å²) in [4.78, 5) is 25.6. The molecule has 1 N–H and O–H groups in total. The maximum absolute atomic E-state index is 12.6. The summed E-state index contributed by atoms with van der Waals surface area (Å²) in [6.45, 7) is 6.23. The van der Waals surface area contributed by atoms with E-state index in [1.807, 2.05) is 51.1 Å². The molecule has 5 heteroatoms. The summed E-state index contributed by atoms with van der Waals surface area (Å²) in [6.07, 6.45) is 1.54. The quantitative estimate of drug-likeness (QED) is 0.923. The van der Waals surface area contributed by atoms with Gasteiger partial charge in [-0.25, -0.2) is 9.59 Å². The van der Waals surface area contributed by atoms with E-state index in [2.05, 4.69) is 0 Å². The number of hydrogen-bond acceptors (Lipinski definition) is 3. The summed E-state index contributed by atoms with van der Waals surface area (Å²) in [7, 11) is 0. The van der Waals surface area contributed by atoms with Crippen molar-refractivity contribution in [1.29, 1.82) is 0 Å². The van der Waals surface area contributed by atoms with Crippen LogP contribution in [0.2, 0.25) is 0 Å². The van der Waals surface area contributed by atoms with Crippen LogP contribution in [0, 0.1) is 5.41 Å². The summed E-state index contributed by atoms with van der Waals surface area (Å²) in [5, 5.41) is 9.48. The Balaban J connectivity index is 2.15. The van der Waals surface area contributed by atoms with Gasteiger partial charge in [-0.15, -0.1) is 0 Å². The van der Waals surface area contributed by atoms with Gasteiger partial charge in [0.1, 0.15) is 12.6 Å². The number of benzene rings is 1. The number of ether oxygens (including phenoxy) is 1. The average molecular weight is 319 g/mol. The van der Waals surface area contributed by atoms with Crippen molar-refractivity contribution in [3.63, 3.8) is 0 Å². The first kappa shape index (κ1) is 17.3. The van der Waals surface area contributed by atoms with Crippen molar-refractivity contribution in [3.8, 4) is 0 Å². The number of carbonyl (C=O) groups is 2. The van der Waals surface area contributed by atoms with Gasteiger partial charge in [-0.2, -0.15) is 0 Å². The summed E-state index contributed by atoms with van der Waals surface area (Å²) in [5.41, 5.74) is 0.692. The lowest BCUT2D eigenvalue weighted by atomic mass is 9.79. The molecule has 0 spiro atoms. The van der Waals surface area contributed by atoms with E-state index in [1.54, 1.807) is 0 Å². The van der Waals surface area contributed by atoms with Gasteiger partial charge in [-0.3, -0.25) is 4.90 Å². The van der Waals surface area contributed by atoms with Crippen molar-refractivity contribution in [3.05, 3.63) is 35.9 Å². The fraction of sp³-hybridized carbons (Fsp3) is 0.556. The third-order valence-electron chi connectivity index (χ3n) is 4.33. The van der Waals surface area contributed by atoms with E-state index in [1.165, 1.54) is 4.90 Å². The van der Waals surface area contributed by atoms with Gasteiger partial charge in [0.05, 0.1) is 0 Å². The van der Waals surface area contributed by atoms with Gasteiger partial charge < -0.3 is 9.84 Å². The first-order chi connectivity index (χ1) is 10.8. The molecular weight excluding hydrogens is 294 g/mol. The number of aliphatic carboxylic acids is 1. The average Bonchev–Trinajstić information content (AvgIpc) is 2.52. The predicted molar refractivity (Wildman–Crippen MR) is 87.0 cm³/mol. The van der Waals surface area contributed by atoms with Gasteiger partial charge >= 0.3 is 12.1 Å². The lowest BCUT2D eigenvalue weighted by Crippen LogP contribution is -2.57. The van der Waals surface area contributed by atoms with Gasteiger partial charge in [-0.05, 0) is 30.2 Å². The van der Waals surface area contributed by atoms with Crippen LogP contribution < -0.4 is 0 Å². The van der Waals surface area contributed by atoms with E-state index < -0.39 is 18.1 Å². The molecule has 23 heavy (non-hydrogen) atoms. The van der Waals surface area contributed by atoms with E-state index >= 15 is 0 Å². The van der Waals surface area contributed by atoms with Crippen LogP contribution in [0.5, 0.6) is 0 Å². The highest BCUT2D eigenvalue weighted by atomic mass is 16.6. The molecule has 5 nitrogen and oxygen atoms in total. The van der Waals surface area contributed by atoms with E-state index in [4.69, 9.17) is 4.74 Å². The Bertz CT molecular complexity index is 550. The summed E-state index contributed by atoms with van der Waals surface area (Å²) >= 11 is 0. The van der Waals surface area contributed by atoms with Crippen LogP contribution in [-0.4, -0.2) is 34.2 Å². The zero-order valence-corrected chi connectivity index (χ0v) is 14.0.